The lowest BCUT2D eigenvalue weighted by molar-refractivity contribution is -0.127. The largest absolute Gasteiger partial charge is 0.493 e. The number of carbonyl (C=O) groups is 1. The van der Waals surface area contributed by atoms with Crippen LogP contribution in [0, 0.1) is 0 Å². The molecule has 0 aliphatic heterocycles. The molecule has 3 rings (SSSR count). The number of rotatable bonds is 8. The molecule has 0 saturated heterocycles. The summed E-state index contributed by atoms with van der Waals surface area (Å²) in [5.74, 6) is 1.40. The van der Waals surface area contributed by atoms with Crippen LogP contribution in [0.4, 0.5) is 5.69 Å². The Balaban J connectivity index is 1.52. The van der Waals surface area contributed by atoms with Crippen molar-refractivity contribution in [3.05, 3.63) is 83.9 Å². The number of nitrogens with one attached hydrogen (secondary N) is 3. The summed E-state index contributed by atoms with van der Waals surface area (Å²) in [6, 6.07) is 23.4. The van der Waals surface area contributed by atoms with Gasteiger partial charge in [0, 0.05) is 17.2 Å². The summed E-state index contributed by atoms with van der Waals surface area (Å²) in [7, 11) is 3.12. The van der Waals surface area contributed by atoms with Crippen LogP contribution in [-0.2, 0) is 10.2 Å². The maximum Gasteiger partial charge on any atom is 0.279 e. The van der Waals surface area contributed by atoms with E-state index in [4.69, 9.17) is 26.4 Å². The first-order valence-corrected chi connectivity index (χ1v) is 11.6. The van der Waals surface area contributed by atoms with Gasteiger partial charge >= 0.3 is 0 Å². The van der Waals surface area contributed by atoms with Crippen LogP contribution in [-0.4, -0.2) is 31.3 Å². The summed E-state index contributed by atoms with van der Waals surface area (Å²) in [5, 5.41) is 3.19. The quantitative estimate of drug-likeness (QED) is 0.307. The summed E-state index contributed by atoms with van der Waals surface area (Å²) >= 11 is 5.25. The van der Waals surface area contributed by atoms with Crippen LogP contribution in [0.1, 0.15) is 31.9 Å². The minimum absolute atomic E-state index is 0.150. The van der Waals surface area contributed by atoms with E-state index in [0.29, 0.717) is 22.9 Å². The number of carbonyl (C=O) groups excluding carboxylic acids is 1. The summed E-state index contributed by atoms with van der Waals surface area (Å²) in [6.07, 6.45) is -0.737. The van der Waals surface area contributed by atoms with E-state index in [0.717, 1.165) is 5.56 Å². The number of methoxy groups -OCH3 is 2. The number of anilines is 1. The summed E-state index contributed by atoms with van der Waals surface area (Å²) in [5.41, 5.74) is 8.15. The van der Waals surface area contributed by atoms with Crippen molar-refractivity contribution in [3.63, 3.8) is 0 Å². The van der Waals surface area contributed by atoms with Crippen molar-refractivity contribution in [2.75, 3.05) is 19.5 Å². The van der Waals surface area contributed by atoms with Gasteiger partial charge in [0.25, 0.3) is 5.91 Å². The Morgan fingerprint density at radius 2 is 1.49 bits per heavy atom. The van der Waals surface area contributed by atoms with Crippen molar-refractivity contribution >= 4 is 28.9 Å². The van der Waals surface area contributed by atoms with E-state index in [-0.39, 0.29) is 16.4 Å². The van der Waals surface area contributed by atoms with Gasteiger partial charge in [-0.15, -0.1) is 0 Å². The van der Waals surface area contributed by atoms with Crippen molar-refractivity contribution in [2.24, 2.45) is 0 Å². The molecule has 0 radical (unpaired) electrons. The molecule has 0 aromatic heterocycles. The first kappa shape index (κ1) is 25.8. The Bertz CT molecular complexity index is 1150. The topological polar surface area (TPSA) is 80.9 Å². The van der Waals surface area contributed by atoms with Gasteiger partial charge in [-0.2, -0.15) is 0 Å². The highest BCUT2D eigenvalue weighted by molar-refractivity contribution is 7.80. The van der Waals surface area contributed by atoms with Crippen LogP contribution in [0.2, 0.25) is 0 Å². The highest BCUT2D eigenvalue weighted by Gasteiger charge is 2.23. The Morgan fingerprint density at radius 3 is 2.11 bits per heavy atom. The lowest BCUT2D eigenvalue weighted by Gasteiger charge is -2.26. The standard InChI is InChI=1S/C27H31N3O4S/c1-18(25(31)29-30-26(35)28-21-13-16-23(32-4)24(17-21)33-5)34-22-14-11-20(12-15-22)27(2,3)19-9-7-6-8-10-19/h6-18H,1-5H3,(H,29,31)(H2,28,30,35)/t18-/m1/s1. The van der Waals surface area contributed by atoms with Gasteiger partial charge < -0.3 is 19.5 Å². The number of ether oxygens (including phenoxy) is 3. The van der Waals surface area contributed by atoms with Crippen molar-refractivity contribution in [2.45, 2.75) is 32.3 Å². The Hall–Kier alpha value is -3.78. The highest BCUT2D eigenvalue weighted by Crippen LogP contribution is 2.32. The SMILES string of the molecule is COc1ccc(NC(=S)NNC(=O)[C@@H](C)Oc2ccc(C(C)(C)c3ccccc3)cc2)cc1OC. The van der Waals surface area contributed by atoms with Crippen LogP contribution in [0.15, 0.2) is 72.8 Å². The predicted molar refractivity (Wildman–Crippen MR) is 142 cm³/mol. The van der Waals surface area contributed by atoms with Gasteiger partial charge in [-0.1, -0.05) is 56.3 Å². The van der Waals surface area contributed by atoms with E-state index in [1.54, 1.807) is 39.3 Å². The first-order valence-electron chi connectivity index (χ1n) is 11.2. The zero-order valence-corrected chi connectivity index (χ0v) is 21.4. The maximum atomic E-state index is 12.5. The van der Waals surface area contributed by atoms with E-state index in [9.17, 15) is 4.79 Å². The lowest BCUT2D eigenvalue weighted by atomic mass is 9.78. The second kappa shape index (κ2) is 11.6. The van der Waals surface area contributed by atoms with Crippen molar-refractivity contribution < 1.29 is 19.0 Å². The number of hydrogen-bond acceptors (Lipinski definition) is 5. The summed E-state index contributed by atoms with van der Waals surface area (Å²) < 4.78 is 16.3. The molecule has 0 fully saturated rings. The average molecular weight is 494 g/mol. The molecule has 0 heterocycles. The lowest BCUT2D eigenvalue weighted by Crippen LogP contribution is -2.48. The number of hydrazine groups is 1. The van der Waals surface area contributed by atoms with Gasteiger partial charge in [0.05, 0.1) is 14.2 Å². The van der Waals surface area contributed by atoms with E-state index in [1.807, 2.05) is 42.5 Å². The van der Waals surface area contributed by atoms with Crippen LogP contribution in [0.25, 0.3) is 0 Å². The third kappa shape index (κ3) is 6.64. The molecule has 3 aromatic rings. The van der Waals surface area contributed by atoms with Crippen LogP contribution in [0.5, 0.6) is 17.2 Å². The van der Waals surface area contributed by atoms with E-state index in [1.165, 1.54) is 5.56 Å². The molecule has 184 valence electrons. The smallest absolute Gasteiger partial charge is 0.279 e. The molecule has 0 spiro atoms. The van der Waals surface area contributed by atoms with Gasteiger partial charge in [0.2, 0.25) is 0 Å². The second-order valence-corrected chi connectivity index (χ2v) is 8.82. The maximum absolute atomic E-state index is 12.5. The molecule has 0 unspecified atom stereocenters. The van der Waals surface area contributed by atoms with Gasteiger partial charge in [0.1, 0.15) is 5.75 Å². The highest BCUT2D eigenvalue weighted by atomic mass is 32.1. The van der Waals surface area contributed by atoms with Crippen LogP contribution in [0.3, 0.4) is 0 Å². The van der Waals surface area contributed by atoms with Crippen molar-refractivity contribution in [1.29, 1.82) is 0 Å². The van der Waals surface area contributed by atoms with Crippen molar-refractivity contribution in [1.82, 2.24) is 10.9 Å². The molecule has 7 nitrogen and oxygen atoms in total. The molecule has 0 bridgehead atoms. The van der Waals surface area contributed by atoms with Crippen LogP contribution < -0.4 is 30.4 Å². The fraction of sp³-hybridized carbons (Fsp3) is 0.259. The zero-order valence-electron chi connectivity index (χ0n) is 20.5. The van der Waals surface area contributed by atoms with E-state index >= 15 is 0 Å². The van der Waals surface area contributed by atoms with Crippen molar-refractivity contribution in [3.8, 4) is 17.2 Å². The van der Waals surface area contributed by atoms with Gasteiger partial charge in [-0.05, 0) is 54.5 Å². The van der Waals surface area contributed by atoms with E-state index in [2.05, 4.69) is 42.1 Å². The molecule has 8 heteroatoms. The normalized spacial score (nSPS) is 11.7. The van der Waals surface area contributed by atoms with Gasteiger partial charge in [-0.3, -0.25) is 15.6 Å². The minimum atomic E-state index is -0.737. The summed E-state index contributed by atoms with van der Waals surface area (Å²) in [4.78, 5) is 12.5. The minimum Gasteiger partial charge on any atom is -0.493 e. The fourth-order valence-electron chi connectivity index (χ4n) is 3.53. The molecular weight excluding hydrogens is 462 g/mol. The van der Waals surface area contributed by atoms with Gasteiger partial charge in [0.15, 0.2) is 22.7 Å². The molecule has 0 aliphatic carbocycles. The van der Waals surface area contributed by atoms with E-state index < -0.39 is 6.10 Å². The third-order valence-corrected chi connectivity index (χ3v) is 5.90. The Labute approximate surface area is 211 Å². The zero-order chi connectivity index (χ0) is 25.4. The van der Waals surface area contributed by atoms with Crippen LogP contribution >= 0.6 is 12.2 Å². The number of thiocarbonyl (C=S) groups is 1. The molecule has 0 saturated carbocycles. The number of benzene rings is 3. The molecular formula is C27H31N3O4S. The molecule has 35 heavy (non-hydrogen) atoms. The molecule has 0 aliphatic rings. The third-order valence-electron chi connectivity index (χ3n) is 5.69. The number of hydrogen-bond donors (Lipinski definition) is 3. The summed E-state index contributed by atoms with van der Waals surface area (Å²) in [6.45, 7) is 6.03. The Morgan fingerprint density at radius 1 is 0.857 bits per heavy atom. The Kier molecular flexibility index (Phi) is 8.54. The molecule has 1 atom stereocenters. The predicted octanol–water partition coefficient (Wildman–Crippen LogP) is 4.81. The monoisotopic (exact) mass is 493 g/mol. The molecule has 3 N–H and O–H groups in total. The fourth-order valence-corrected chi connectivity index (χ4v) is 3.69. The first-order chi connectivity index (χ1) is 16.7. The molecule has 1 amide bonds. The second-order valence-electron chi connectivity index (χ2n) is 8.41. The molecule has 3 aromatic carbocycles. The number of amides is 1. The average Bonchev–Trinajstić information content (AvgIpc) is 2.88. The van der Waals surface area contributed by atoms with Gasteiger partial charge in [-0.25, -0.2) is 0 Å².